The molecule has 1 aliphatic rings. The lowest BCUT2D eigenvalue weighted by Crippen LogP contribution is -2.29. The Bertz CT molecular complexity index is 765. The van der Waals surface area contributed by atoms with Crippen molar-refractivity contribution in [3.05, 3.63) is 59.7 Å². The van der Waals surface area contributed by atoms with E-state index in [-0.39, 0.29) is 18.6 Å². The Kier molecular flexibility index (Phi) is 5.53. The summed E-state index contributed by atoms with van der Waals surface area (Å²) in [5.41, 5.74) is 1.94. The van der Waals surface area contributed by atoms with Crippen molar-refractivity contribution in [2.24, 2.45) is 0 Å². The summed E-state index contributed by atoms with van der Waals surface area (Å²) in [6.07, 6.45) is 2.08. The molecule has 1 amide bonds. The van der Waals surface area contributed by atoms with Gasteiger partial charge >= 0.3 is 0 Å². The van der Waals surface area contributed by atoms with Crippen molar-refractivity contribution in [3.8, 4) is 17.6 Å². The van der Waals surface area contributed by atoms with Gasteiger partial charge in [-0.05, 0) is 36.6 Å². The molecule has 1 N–H and O–H groups in total. The minimum absolute atomic E-state index is 0.0169. The SMILES string of the molecule is N#CCOc1ccc(CC(=O)NC2CCCOc3ccccc32)cc1. The van der Waals surface area contributed by atoms with Gasteiger partial charge in [0.05, 0.1) is 19.1 Å². The van der Waals surface area contributed by atoms with Crippen LogP contribution in [0.5, 0.6) is 11.5 Å². The molecule has 3 rings (SSSR count). The van der Waals surface area contributed by atoms with E-state index in [0.717, 1.165) is 29.7 Å². The Morgan fingerprint density at radius 3 is 2.84 bits per heavy atom. The molecule has 0 aliphatic carbocycles. The molecule has 0 fully saturated rings. The van der Waals surface area contributed by atoms with Crippen LogP contribution in [0, 0.1) is 11.3 Å². The molecule has 0 radical (unpaired) electrons. The molecule has 0 saturated heterocycles. The first-order valence-electron chi connectivity index (χ1n) is 8.36. The number of benzene rings is 2. The minimum Gasteiger partial charge on any atom is -0.493 e. The quantitative estimate of drug-likeness (QED) is 0.910. The van der Waals surface area contributed by atoms with E-state index < -0.39 is 0 Å². The van der Waals surface area contributed by atoms with Crippen LogP contribution in [0.25, 0.3) is 0 Å². The van der Waals surface area contributed by atoms with Crippen molar-refractivity contribution in [1.82, 2.24) is 5.32 Å². The first-order valence-corrected chi connectivity index (χ1v) is 8.36. The second-order valence-electron chi connectivity index (χ2n) is 5.92. The van der Waals surface area contributed by atoms with Crippen molar-refractivity contribution >= 4 is 5.91 Å². The molecule has 25 heavy (non-hydrogen) atoms. The molecule has 1 heterocycles. The van der Waals surface area contributed by atoms with Crippen LogP contribution in [0.3, 0.4) is 0 Å². The summed E-state index contributed by atoms with van der Waals surface area (Å²) in [5.74, 6) is 1.46. The highest BCUT2D eigenvalue weighted by atomic mass is 16.5. The Labute approximate surface area is 147 Å². The summed E-state index contributed by atoms with van der Waals surface area (Å²) in [4.78, 5) is 12.4. The maximum atomic E-state index is 12.4. The van der Waals surface area contributed by atoms with Crippen LogP contribution in [0.15, 0.2) is 48.5 Å². The van der Waals surface area contributed by atoms with E-state index in [0.29, 0.717) is 18.8 Å². The summed E-state index contributed by atoms with van der Waals surface area (Å²) >= 11 is 0. The van der Waals surface area contributed by atoms with Crippen LogP contribution in [0.1, 0.15) is 30.0 Å². The number of para-hydroxylation sites is 1. The maximum absolute atomic E-state index is 12.4. The van der Waals surface area contributed by atoms with Crippen molar-refractivity contribution in [1.29, 1.82) is 5.26 Å². The number of carbonyl (C=O) groups is 1. The molecular weight excluding hydrogens is 316 g/mol. The standard InChI is InChI=1S/C20H20N2O3/c21-11-13-24-16-9-7-15(8-10-16)14-20(23)22-18-5-3-12-25-19-6-2-1-4-17(18)19/h1-2,4,6-10,18H,3,5,12-14H2,(H,22,23). The van der Waals surface area contributed by atoms with Gasteiger partial charge in [0.1, 0.15) is 17.6 Å². The summed E-state index contributed by atoms with van der Waals surface area (Å²) < 4.78 is 10.9. The number of carbonyl (C=O) groups excluding carboxylic acids is 1. The summed E-state index contributed by atoms with van der Waals surface area (Å²) in [6, 6.07) is 17.0. The Hall–Kier alpha value is -3.00. The summed E-state index contributed by atoms with van der Waals surface area (Å²) in [5, 5.41) is 11.6. The topological polar surface area (TPSA) is 71.3 Å². The van der Waals surface area contributed by atoms with Gasteiger partial charge in [-0.25, -0.2) is 0 Å². The fourth-order valence-corrected chi connectivity index (χ4v) is 2.92. The number of nitrogens with zero attached hydrogens (tertiary/aromatic N) is 1. The first-order chi connectivity index (χ1) is 12.3. The Morgan fingerprint density at radius 1 is 1.24 bits per heavy atom. The zero-order valence-electron chi connectivity index (χ0n) is 13.9. The van der Waals surface area contributed by atoms with Crippen LogP contribution in [0.2, 0.25) is 0 Å². The fraction of sp³-hybridized carbons (Fsp3) is 0.300. The van der Waals surface area contributed by atoms with E-state index >= 15 is 0 Å². The smallest absolute Gasteiger partial charge is 0.224 e. The molecular formula is C20H20N2O3. The third-order valence-corrected chi connectivity index (χ3v) is 4.12. The molecule has 1 aliphatic heterocycles. The molecule has 0 saturated carbocycles. The first kappa shape index (κ1) is 16.8. The average molecular weight is 336 g/mol. The van der Waals surface area contributed by atoms with Gasteiger partial charge in [-0.3, -0.25) is 4.79 Å². The van der Waals surface area contributed by atoms with Gasteiger partial charge in [-0.15, -0.1) is 0 Å². The van der Waals surface area contributed by atoms with Crippen LogP contribution in [0.4, 0.5) is 0 Å². The van der Waals surface area contributed by atoms with Crippen molar-refractivity contribution in [2.75, 3.05) is 13.2 Å². The van der Waals surface area contributed by atoms with Gasteiger partial charge in [0.2, 0.25) is 5.91 Å². The van der Waals surface area contributed by atoms with Gasteiger partial charge in [0, 0.05) is 5.56 Å². The minimum atomic E-state index is -0.0237. The van der Waals surface area contributed by atoms with E-state index in [4.69, 9.17) is 14.7 Å². The highest BCUT2D eigenvalue weighted by Gasteiger charge is 2.21. The molecule has 0 aromatic heterocycles. The number of amides is 1. The molecule has 5 nitrogen and oxygen atoms in total. The highest BCUT2D eigenvalue weighted by molar-refractivity contribution is 5.79. The zero-order valence-corrected chi connectivity index (χ0v) is 13.9. The van der Waals surface area contributed by atoms with Crippen LogP contribution >= 0.6 is 0 Å². The zero-order chi connectivity index (χ0) is 17.5. The van der Waals surface area contributed by atoms with Crippen molar-refractivity contribution in [2.45, 2.75) is 25.3 Å². The van der Waals surface area contributed by atoms with E-state index in [2.05, 4.69) is 5.32 Å². The number of nitrogens with one attached hydrogen (secondary N) is 1. The average Bonchev–Trinajstić information content (AvgIpc) is 2.84. The van der Waals surface area contributed by atoms with Crippen molar-refractivity contribution < 1.29 is 14.3 Å². The largest absolute Gasteiger partial charge is 0.493 e. The summed E-state index contributed by atoms with van der Waals surface area (Å²) in [7, 11) is 0. The molecule has 0 spiro atoms. The van der Waals surface area contributed by atoms with Crippen molar-refractivity contribution in [3.63, 3.8) is 0 Å². The molecule has 0 bridgehead atoms. The molecule has 1 atom stereocenters. The highest BCUT2D eigenvalue weighted by Crippen LogP contribution is 2.31. The Balaban J connectivity index is 1.62. The third-order valence-electron chi connectivity index (χ3n) is 4.12. The maximum Gasteiger partial charge on any atom is 0.224 e. The number of rotatable bonds is 5. The number of ether oxygens (including phenoxy) is 2. The predicted octanol–water partition coefficient (Wildman–Crippen LogP) is 3.16. The second-order valence-corrected chi connectivity index (χ2v) is 5.92. The Morgan fingerprint density at radius 2 is 2.04 bits per heavy atom. The third kappa shape index (κ3) is 4.51. The van der Waals surface area contributed by atoms with Gasteiger partial charge in [0.15, 0.2) is 6.61 Å². The molecule has 1 unspecified atom stereocenters. The number of hydrogen-bond acceptors (Lipinski definition) is 4. The number of hydrogen-bond donors (Lipinski definition) is 1. The van der Waals surface area contributed by atoms with E-state index in [1.165, 1.54) is 0 Å². The van der Waals surface area contributed by atoms with E-state index in [9.17, 15) is 4.79 Å². The van der Waals surface area contributed by atoms with Gasteiger partial charge in [-0.2, -0.15) is 5.26 Å². The van der Waals surface area contributed by atoms with E-state index in [1.807, 2.05) is 42.5 Å². The lowest BCUT2D eigenvalue weighted by atomic mass is 10.0. The molecule has 2 aromatic rings. The number of fused-ring (bicyclic) bond motifs is 1. The molecule has 5 heteroatoms. The summed E-state index contributed by atoms with van der Waals surface area (Å²) in [6.45, 7) is 0.691. The van der Waals surface area contributed by atoms with Crippen LogP contribution in [-0.4, -0.2) is 19.1 Å². The monoisotopic (exact) mass is 336 g/mol. The fourth-order valence-electron chi connectivity index (χ4n) is 2.92. The van der Waals surface area contributed by atoms with Gasteiger partial charge in [0.25, 0.3) is 0 Å². The van der Waals surface area contributed by atoms with Crippen LogP contribution in [-0.2, 0) is 11.2 Å². The lowest BCUT2D eigenvalue weighted by molar-refractivity contribution is -0.121. The van der Waals surface area contributed by atoms with Crippen LogP contribution < -0.4 is 14.8 Å². The van der Waals surface area contributed by atoms with Gasteiger partial charge in [-0.1, -0.05) is 30.3 Å². The number of nitriles is 1. The lowest BCUT2D eigenvalue weighted by Gasteiger charge is -2.18. The second kappa shape index (κ2) is 8.20. The molecule has 2 aromatic carbocycles. The van der Waals surface area contributed by atoms with E-state index in [1.54, 1.807) is 12.1 Å². The van der Waals surface area contributed by atoms with Gasteiger partial charge < -0.3 is 14.8 Å². The normalized spacial score (nSPS) is 15.9. The molecule has 128 valence electrons. The predicted molar refractivity (Wildman–Crippen MR) is 93.3 cm³/mol.